The van der Waals surface area contributed by atoms with Crippen molar-refractivity contribution in [1.29, 1.82) is 0 Å². The number of carbonyl (C=O) groups is 2. The minimum Gasteiger partial charge on any atom is -0.480 e. The fourth-order valence-electron chi connectivity index (χ4n) is 2.58. The number of carboxylic acid groups (broad SMARTS) is 1. The number of carboxylic acids is 1. The van der Waals surface area contributed by atoms with Crippen molar-refractivity contribution in [2.75, 3.05) is 0 Å². The Labute approximate surface area is 115 Å². The molecule has 1 saturated carbocycles. The second kappa shape index (κ2) is 8.73. The molecule has 2 N–H and O–H groups in total. The molecule has 1 atom stereocenters. The number of allylic oxidation sites excluding steroid dienone is 1. The van der Waals surface area contributed by atoms with Gasteiger partial charge in [-0.2, -0.15) is 0 Å². The fourth-order valence-corrected chi connectivity index (χ4v) is 2.58. The van der Waals surface area contributed by atoms with Gasteiger partial charge in [-0.05, 0) is 32.1 Å². The highest BCUT2D eigenvalue weighted by atomic mass is 16.4. The lowest BCUT2D eigenvalue weighted by molar-refractivity contribution is -0.141. The lowest BCUT2D eigenvalue weighted by atomic mass is 9.96. The average molecular weight is 267 g/mol. The molecule has 1 fully saturated rings. The summed E-state index contributed by atoms with van der Waals surface area (Å²) >= 11 is 0. The van der Waals surface area contributed by atoms with E-state index < -0.39 is 12.0 Å². The van der Waals surface area contributed by atoms with Gasteiger partial charge in [-0.3, -0.25) is 4.79 Å². The van der Waals surface area contributed by atoms with Crippen LogP contribution in [0.1, 0.15) is 58.3 Å². The van der Waals surface area contributed by atoms with Gasteiger partial charge in [0.1, 0.15) is 6.04 Å². The molecule has 0 aromatic rings. The zero-order chi connectivity index (χ0) is 14.1. The van der Waals surface area contributed by atoms with Crippen LogP contribution in [0.4, 0.5) is 0 Å². The highest BCUT2D eigenvalue weighted by Gasteiger charge is 2.21. The van der Waals surface area contributed by atoms with Crippen LogP contribution in [-0.2, 0) is 9.59 Å². The Morgan fingerprint density at radius 3 is 2.42 bits per heavy atom. The van der Waals surface area contributed by atoms with Crippen LogP contribution in [0, 0.1) is 5.92 Å². The highest BCUT2D eigenvalue weighted by Crippen LogP contribution is 2.25. The Bertz CT molecular complexity index is 317. The summed E-state index contributed by atoms with van der Waals surface area (Å²) in [6.45, 7) is 1.84. The number of rotatable bonds is 6. The Morgan fingerprint density at radius 1 is 1.26 bits per heavy atom. The zero-order valence-corrected chi connectivity index (χ0v) is 11.7. The molecule has 0 aromatic heterocycles. The highest BCUT2D eigenvalue weighted by molar-refractivity contribution is 5.83. The van der Waals surface area contributed by atoms with E-state index in [9.17, 15) is 9.59 Å². The van der Waals surface area contributed by atoms with Crippen LogP contribution < -0.4 is 5.32 Å². The maximum absolute atomic E-state index is 11.9. The first kappa shape index (κ1) is 15.7. The van der Waals surface area contributed by atoms with Crippen molar-refractivity contribution < 1.29 is 14.7 Å². The maximum Gasteiger partial charge on any atom is 0.326 e. The number of amides is 1. The standard InChI is InChI=1S/C15H25NO3/c1-2-3-10-13(15(18)19)16-14(17)11-12-8-6-4-5-7-9-12/h2-3,12-13H,4-11H2,1H3,(H,16,17)(H,18,19)/b3-2+. The summed E-state index contributed by atoms with van der Waals surface area (Å²) in [5.74, 6) is -0.658. The smallest absolute Gasteiger partial charge is 0.326 e. The van der Waals surface area contributed by atoms with Gasteiger partial charge >= 0.3 is 5.97 Å². The molecule has 0 radical (unpaired) electrons. The molecule has 1 amide bonds. The summed E-state index contributed by atoms with van der Waals surface area (Å²) in [6, 6.07) is -0.797. The van der Waals surface area contributed by atoms with E-state index >= 15 is 0 Å². The lowest BCUT2D eigenvalue weighted by Crippen LogP contribution is -2.41. The van der Waals surface area contributed by atoms with Crippen molar-refractivity contribution in [3.63, 3.8) is 0 Å². The van der Waals surface area contributed by atoms with E-state index in [1.807, 2.05) is 6.92 Å². The predicted octanol–water partition coefficient (Wildman–Crippen LogP) is 2.88. The molecule has 19 heavy (non-hydrogen) atoms. The van der Waals surface area contributed by atoms with E-state index in [1.165, 1.54) is 25.7 Å². The fraction of sp³-hybridized carbons (Fsp3) is 0.733. The molecule has 0 aromatic carbocycles. The van der Waals surface area contributed by atoms with Crippen molar-refractivity contribution in [2.24, 2.45) is 5.92 Å². The number of aliphatic carboxylic acids is 1. The van der Waals surface area contributed by atoms with Gasteiger partial charge in [-0.1, -0.05) is 37.8 Å². The van der Waals surface area contributed by atoms with Crippen LogP contribution in [-0.4, -0.2) is 23.0 Å². The normalized spacial score (nSPS) is 19.0. The third-order valence-electron chi connectivity index (χ3n) is 3.69. The number of hydrogen-bond donors (Lipinski definition) is 2. The zero-order valence-electron chi connectivity index (χ0n) is 11.7. The van der Waals surface area contributed by atoms with Gasteiger partial charge in [0.15, 0.2) is 0 Å². The number of carbonyl (C=O) groups excluding carboxylic acids is 1. The Hall–Kier alpha value is -1.32. The molecule has 1 aliphatic rings. The van der Waals surface area contributed by atoms with Gasteiger partial charge in [-0.25, -0.2) is 4.79 Å². The SMILES string of the molecule is C/C=C/CC(NC(=O)CC1CCCCCC1)C(=O)O. The summed E-state index contributed by atoms with van der Waals surface area (Å²) in [7, 11) is 0. The molecular weight excluding hydrogens is 242 g/mol. The lowest BCUT2D eigenvalue weighted by Gasteiger charge is -2.16. The van der Waals surface area contributed by atoms with Gasteiger partial charge in [0, 0.05) is 6.42 Å². The molecule has 0 aliphatic heterocycles. The third kappa shape index (κ3) is 6.41. The minimum atomic E-state index is -0.965. The molecular formula is C15H25NO3. The quantitative estimate of drug-likeness (QED) is 0.574. The predicted molar refractivity (Wildman–Crippen MR) is 74.8 cm³/mol. The van der Waals surface area contributed by atoms with E-state index in [2.05, 4.69) is 5.32 Å². The largest absolute Gasteiger partial charge is 0.480 e. The van der Waals surface area contributed by atoms with Crippen LogP contribution in [0.3, 0.4) is 0 Å². The molecule has 108 valence electrons. The van der Waals surface area contributed by atoms with Gasteiger partial charge in [0.25, 0.3) is 0 Å². The number of hydrogen-bond acceptors (Lipinski definition) is 2. The first-order chi connectivity index (χ1) is 9.13. The number of nitrogens with one attached hydrogen (secondary N) is 1. The van der Waals surface area contributed by atoms with Gasteiger partial charge in [0.05, 0.1) is 0 Å². The van der Waals surface area contributed by atoms with Crippen molar-refractivity contribution in [2.45, 2.75) is 64.3 Å². The first-order valence-corrected chi connectivity index (χ1v) is 7.26. The third-order valence-corrected chi connectivity index (χ3v) is 3.69. The summed E-state index contributed by atoms with van der Waals surface area (Å²) in [4.78, 5) is 22.9. The molecule has 1 aliphatic carbocycles. The molecule has 4 nitrogen and oxygen atoms in total. The Morgan fingerprint density at radius 2 is 1.89 bits per heavy atom. The molecule has 1 unspecified atom stereocenters. The molecule has 0 saturated heterocycles. The Balaban J connectivity index is 2.40. The summed E-state index contributed by atoms with van der Waals surface area (Å²) in [5.41, 5.74) is 0. The first-order valence-electron chi connectivity index (χ1n) is 7.26. The molecule has 1 rings (SSSR count). The van der Waals surface area contributed by atoms with Crippen LogP contribution >= 0.6 is 0 Å². The van der Waals surface area contributed by atoms with E-state index in [0.29, 0.717) is 18.8 Å². The summed E-state index contributed by atoms with van der Waals surface area (Å²) in [5, 5.41) is 11.7. The van der Waals surface area contributed by atoms with E-state index in [0.717, 1.165) is 12.8 Å². The topological polar surface area (TPSA) is 66.4 Å². The summed E-state index contributed by atoms with van der Waals surface area (Å²) < 4.78 is 0. The van der Waals surface area contributed by atoms with E-state index in [-0.39, 0.29) is 5.91 Å². The monoisotopic (exact) mass is 267 g/mol. The van der Waals surface area contributed by atoms with Gasteiger partial charge < -0.3 is 10.4 Å². The summed E-state index contributed by atoms with van der Waals surface area (Å²) in [6.07, 6.45) is 11.5. The molecule has 0 bridgehead atoms. The second-order valence-electron chi connectivity index (χ2n) is 5.32. The molecule has 0 heterocycles. The van der Waals surface area contributed by atoms with E-state index in [1.54, 1.807) is 12.2 Å². The minimum absolute atomic E-state index is 0.121. The Kier molecular flexibility index (Phi) is 7.23. The van der Waals surface area contributed by atoms with Crippen molar-refractivity contribution in [3.05, 3.63) is 12.2 Å². The van der Waals surface area contributed by atoms with Gasteiger partial charge in [0.2, 0.25) is 5.91 Å². The van der Waals surface area contributed by atoms with Crippen LogP contribution in [0.15, 0.2) is 12.2 Å². The van der Waals surface area contributed by atoms with E-state index in [4.69, 9.17) is 5.11 Å². The molecule has 4 heteroatoms. The van der Waals surface area contributed by atoms with Gasteiger partial charge in [-0.15, -0.1) is 0 Å². The molecule has 0 spiro atoms. The van der Waals surface area contributed by atoms with Crippen molar-refractivity contribution >= 4 is 11.9 Å². The van der Waals surface area contributed by atoms with Crippen LogP contribution in [0.2, 0.25) is 0 Å². The van der Waals surface area contributed by atoms with Crippen LogP contribution in [0.5, 0.6) is 0 Å². The maximum atomic E-state index is 11.9. The average Bonchev–Trinajstić information content (AvgIpc) is 2.62. The second-order valence-corrected chi connectivity index (χ2v) is 5.32. The van der Waals surface area contributed by atoms with Crippen LogP contribution in [0.25, 0.3) is 0 Å². The van der Waals surface area contributed by atoms with Crippen molar-refractivity contribution in [3.8, 4) is 0 Å². The van der Waals surface area contributed by atoms with Crippen molar-refractivity contribution in [1.82, 2.24) is 5.32 Å².